The van der Waals surface area contributed by atoms with Gasteiger partial charge in [0, 0.05) is 20.5 Å². The van der Waals surface area contributed by atoms with Crippen LogP contribution in [0.25, 0.3) is 0 Å². The van der Waals surface area contributed by atoms with Crippen LogP contribution in [0.2, 0.25) is 5.02 Å². The Morgan fingerprint density at radius 1 is 1.33 bits per heavy atom. The molecule has 0 saturated heterocycles. The molecule has 1 aromatic heterocycles. The molecule has 96 valence electrons. The first-order valence-electron chi connectivity index (χ1n) is 5.37. The number of hydrogen-bond donors (Lipinski definition) is 1. The molecule has 18 heavy (non-hydrogen) atoms. The van der Waals surface area contributed by atoms with E-state index in [-0.39, 0.29) is 0 Å². The van der Waals surface area contributed by atoms with Crippen LogP contribution in [-0.2, 0) is 13.1 Å². The molecular formula is C11H11Br2ClN4. The number of aromatic nitrogens is 3. The highest BCUT2D eigenvalue weighted by Gasteiger charge is 2.08. The first-order valence-corrected chi connectivity index (χ1v) is 7.33. The van der Waals surface area contributed by atoms with Crippen LogP contribution in [0.1, 0.15) is 12.7 Å². The third-order valence-electron chi connectivity index (χ3n) is 2.43. The van der Waals surface area contributed by atoms with Crippen molar-refractivity contribution in [3.63, 3.8) is 0 Å². The Kier molecular flexibility index (Phi) is 4.64. The van der Waals surface area contributed by atoms with E-state index in [0.29, 0.717) is 11.6 Å². The van der Waals surface area contributed by atoms with Gasteiger partial charge >= 0.3 is 0 Å². The molecule has 0 atom stereocenters. The molecule has 1 heterocycles. The molecule has 0 fully saturated rings. The van der Waals surface area contributed by atoms with Gasteiger partial charge in [-0.2, -0.15) is 5.10 Å². The molecule has 7 heteroatoms. The van der Waals surface area contributed by atoms with E-state index in [0.717, 1.165) is 27.0 Å². The molecule has 4 nitrogen and oxygen atoms in total. The van der Waals surface area contributed by atoms with Crippen molar-refractivity contribution in [2.45, 2.75) is 20.0 Å². The molecule has 0 spiro atoms. The Bertz CT molecular complexity index is 533. The first kappa shape index (κ1) is 13.8. The second-order valence-electron chi connectivity index (χ2n) is 3.59. The Hall–Kier alpha value is -0.590. The van der Waals surface area contributed by atoms with Crippen LogP contribution in [0, 0.1) is 0 Å². The zero-order valence-electron chi connectivity index (χ0n) is 9.62. The molecule has 1 N–H and O–H groups in total. The summed E-state index contributed by atoms with van der Waals surface area (Å²) in [6, 6.07) is 3.69. The third-order valence-corrected chi connectivity index (χ3v) is 3.89. The van der Waals surface area contributed by atoms with Gasteiger partial charge in [-0.3, -0.25) is 0 Å². The molecule has 0 bridgehead atoms. The van der Waals surface area contributed by atoms with Crippen LogP contribution >= 0.6 is 43.5 Å². The van der Waals surface area contributed by atoms with Gasteiger partial charge in [0.2, 0.25) is 0 Å². The van der Waals surface area contributed by atoms with E-state index in [1.165, 1.54) is 0 Å². The van der Waals surface area contributed by atoms with E-state index in [9.17, 15) is 0 Å². The predicted octanol–water partition coefficient (Wildman–Crippen LogP) is 4.09. The van der Waals surface area contributed by atoms with Gasteiger partial charge < -0.3 is 5.32 Å². The van der Waals surface area contributed by atoms with E-state index in [1.54, 1.807) is 6.33 Å². The molecule has 0 aliphatic rings. The number of nitrogens with zero attached hydrogens (tertiary/aromatic N) is 3. The van der Waals surface area contributed by atoms with Gasteiger partial charge in [0.05, 0.1) is 12.2 Å². The maximum atomic E-state index is 5.96. The third kappa shape index (κ3) is 3.05. The summed E-state index contributed by atoms with van der Waals surface area (Å²) < 4.78 is 3.67. The van der Waals surface area contributed by atoms with Gasteiger partial charge in [-0.25, -0.2) is 9.67 Å². The van der Waals surface area contributed by atoms with Gasteiger partial charge in [-0.1, -0.05) is 11.6 Å². The van der Waals surface area contributed by atoms with Crippen molar-refractivity contribution in [2.24, 2.45) is 0 Å². The van der Waals surface area contributed by atoms with Crippen LogP contribution in [-0.4, -0.2) is 14.8 Å². The second kappa shape index (κ2) is 6.04. The summed E-state index contributed by atoms with van der Waals surface area (Å²) in [5.41, 5.74) is 0.949. The van der Waals surface area contributed by atoms with Gasteiger partial charge in [-0.05, 0) is 50.9 Å². The number of anilines is 1. The molecule has 0 unspecified atom stereocenters. The Labute approximate surface area is 127 Å². The average Bonchev–Trinajstić information content (AvgIpc) is 2.75. The summed E-state index contributed by atoms with van der Waals surface area (Å²) in [5, 5.41) is 8.11. The highest BCUT2D eigenvalue weighted by molar-refractivity contribution is 9.11. The lowest BCUT2D eigenvalue weighted by Crippen LogP contribution is -2.09. The highest BCUT2D eigenvalue weighted by Crippen LogP contribution is 2.34. The number of rotatable bonds is 4. The van der Waals surface area contributed by atoms with Gasteiger partial charge in [0.25, 0.3) is 0 Å². The minimum Gasteiger partial charge on any atom is -0.376 e. The molecule has 0 saturated carbocycles. The average molecular weight is 394 g/mol. The minimum atomic E-state index is 0.604. The van der Waals surface area contributed by atoms with Gasteiger partial charge in [0.1, 0.15) is 12.2 Å². The maximum absolute atomic E-state index is 5.96. The fraction of sp³-hybridized carbons (Fsp3) is 0.273. The molecule has 0 radical (unpaired) electrons. The minimum absolute atomic E-state index is 0.604. The molecule has 1 aromatic carbocycles. The van der Waals surface area contributed by atoms with Crippen molar-refractivity contribution in [2.75, 3.05) is 5.32 Å². The lowest BCUT2D eigenvalue weighted by Gasteiger charge is -2.11. The largest absolute Gasteiger partial charge is 0.376 e. The topological polar surface area (TPSA) is 42.7 Å². The highest BCUT2D eigenvalue weighted by atomic mass is 79.9. The molecule has 0 amide bonds. The summed E-state index contributed by atoms with van der Waals surface area (Å²) >= 11 is 12.9. The van der Waals surface area contributed by atoms with Gasteiger partial charge in [-0.15, -0.1) is 0 Å². The molecule has 2 aromatic rings. The van der Waals surface area contributed by atoms with Crippen LogP contribution in [0.4, 0.5) is 5.69 Å². The number of nitrogens with one attached hydrogen (secondary N) is 1. The van der Waals surface area contributed by atoms with Crippen LogP contribution in [0.15, 0.2) is 27.4 Å². The predicted molar refractivity (Wildman–Crippen MR) is 79.9 cm³/mol. The zero-order chi connectivity index (χ0) is 13.1. The standard InChI is InChI=1S/C11H11Br2ClN4/c1-2-18-10(16-6-17-18)5-15-11-8(12)3-7(14)4-9(11)13/h3-4,6,15H,2,5H2,1H3. The van der Waals surface area contributed by atoms with Gasteiger partial charge in [0.15, 0.2) is 0 Å². The SMILES string of the molecule is CCn1ncnc1CNc1c(Br)cc(Cl)cc1Br. The monoisotopic (exact) mass is 392 g/mol. The van der Waals surface area contributed by atoms with Crippen molar-refractivity contribution >= 4 is 49.1 Å². The summed E-state index contributed by atoms with van der Waals surface area (Å²) in [5.74, 6) is 0.895. The number of hydrogen-bond acceptors (Lipinski definition) is 3. The summed E-state index contributed by atoms with van der Waals surface area (Å²) in [6.45, 7) is 3.44. The normalized spacial score (nSPS) is 10.7. The molecule has 0 aliphatic carbocycles. The fourth-order valence-corrected chi connectivity index (χ4v) is 3.52. The maximum Gasteiger partial charge on any atom is 0.146 e. The van der Waals surface area contributed by atoms with Crippen molar-refractivity contribution in [3.05, 3.63) is 38.3 Å². The first-order chi connectivity index (χ1) is 8.61. The molecule has 0 aliphatic heterocycles. The van der Waals surface area contributed by atoms with E-state index < -0.39 is 0 Å². The number of benzene rings is 1. The van der Waals surface area contributed by atoms with Crippen molar-refractivity contribution in [1.82, 2.24) is 14.8 Å². The van der Waals surface area contributed by atoms with E-state index in [1.807, 2.05) is 23.7 Å². The Morgan fingerprint density at radius 2 is 2.00 bits per heavy atom. The number of halogens is 3. The second-order valence-corrected chi connectivity index (χ2v) is 5.74. The van der Waals surface area contributed by atoms with Crippen LogP contribution in [0.5, 0.6) is 0 Å². The van der Waals surface area contributed by atoms with Crippen molar-refractivity contribution < 1.29 is 0 Å². The number of aryl methyl sites for hydroxylation is 1. The quantitative estimate of drug-likeness (QED) is 0.849. The van der Waals surface area contributed by atoms with Crippen molar-refractivity contribution in [3.8, 4) is 0 Å². The lowest BCUT2D eigenvalue weighted by atomic mass is 10.3. The fourth-order valence-electron chi connectivity index (χ4n) is 1.57. The zero-order valence-corrected chi connectivity index (χ0v) is 13.5. The van der Waals surface area contributed by atoms with E-state index >= 15 is 0 Å². The van der Waals surface area contributed by atoms with Crippen molar-refractivity contribution in [1.29, 1.82) is 0 Å². The lowest BCUT2D eigenvalue weighted by molar-refractivity contribution is 0.622. The molecule has 2 rings (SSSR count). The Morgan fingerprint density at radius 3 is 2.61 bits per heavy atom. The smallest absolute Gasteiger partial charge is 0.146 e. The summed E-state index contributed by atoms with van der Waals surface area (Å²) in [7, 11) is 0. The Balaban J connectivity index is 2.16. The van der Waals surface area contributed by atoms with E-state index in [2.05, 4.69) is 47.3 Å². The molecular weight excluding hydrogens is 383 g/mol. The van der Waals surface area contributed by atoms with Crippen LogP contribution < -0.4 is 5.32 Å². The summed E-state index contributed by atoms with van der Waals surface area (Å²) in [4.78, 5) is 4.21. The van der Waals surface area contributed by atoms with E-state index in [4.69, 9.17) is 11.6 Å². The van der Waals surface area contributed by atoms with Crippen LogP contribution in [0.3, 0.4) is 0 Å². The summed E-state index contributed by atoms with van der Waals surface area (Å²) in [6.07, 6.45) is 1.56.